The second-order valence-corrected chi connectivity index (χ2v) is 9.54. The van der Waals surface area contributed by atoms with E-state index in [9.17, 15) is 10.2 Å². The standard InChI is InChI=1S/C27H34ClN3O4/c1-2-26-29-12-15-31(26)13-4-16-34-24-6-3-5-21(17-24)18-30-14-11-25(32)27(33,19-30)20-35-23-9-7-22(28)8-10-23/h3,5-10,12,15,17,25,32-33H,2,4,11,13-14,16,18-20H2,1H3/t25-,27-/m0/s1. The lowest BCUT2D eigenvalue weighted by atomic mass is 9.90. The van der Waals surface area contributed by atoms with Crippen LogP contribution in [0, 0.1) is 0 Å². The Morgan fingerprint density at radius 1 is 1.14 bits per heavy atom. The molecule has 0 unspecified atom stereocenters. The quantitative estimate of drug-likeness (QED) is 0.389. The number of aryl methyl sites for hydroxylation is 2. The van der Waals surface area contributed by atoms with Gasteiger partial charge < -0.3 is 24.3 Å². The first-order valence-electron chi connectivity index (χ1n) is 12.2. The highest BCUT2D eigenvalue weighted by Crippen LogP contribution is 2.26. The fourth-order valence-electron chi connectivity index (χ4n) is 4.44. The SMILES string of the molecule is CCc1nccn1CCCOc1cccc(CN2CC[C@H](O)[C@@](O)(COc3ccc(Cl)cc3)C2)c1. The van der Waals surface area contributed by atoms with Crippen molar-refractivity contribution < 1.29 is 19.7 Å². The van der Waals surface area contributed by atoms with Crippen molar-refractivity contribution in [3.63, 3.8) is 0 Å². The number of imidazole rings is 1. The number of rotatable bonds is 11. The molecule has 1 aromatic heterocycles. The Kier molecular flexibility index (Phi) is 8.68. The molecule has 7 nitrogen and oxygen atoms in total. The van der Waals surface area contributed by atoms with Gasteiger partial charge in [-0.1, -0.05) is 30.7 Å². The van der Waals surface area contributed by atoms with Gasteiger partial charge in [-0.05, 0) is 54.8 Å². The van der Waals surface area contributed by atoms with Crippen LogP contribution >= 0.6 is 11.6 Å². The van der Waals surface area contributed by atoms with Crippen LogP contribution in [0.25, 0.3) is 0 Å². The normalized spacial score (nSPS) is 20.6. The number of likely N-dealkylation sites (tertiary alicyclic amines) is 1. The Morgan fingerprint density at radius 3 is 2.77 bits per heavy atom. The molecule has 35 heavy (non-hydrogen) atoms. The zero-order valence-electron chi connectivity index (χ0n) is 20.1. The smallest absolute Gasteiger partial charge is 0.137 e. The first-order chi connectivity index (χ1) is 16.9. The Hall–Kier alpha value is -2.58. The van der Waals surface area contributed by atoms with Gasteiger partial charge in [-0.2, -0.15) is 0 Å². The molecule has 2 heterocycles. The molecule has 2 atom stereocenters. The highest BCUT2D eigenvalue weighted by atomic mass is 35.5. The number of aliphatic hydroxyl groups is 2. The number of benzene rings is 2. The minimum atomic E-state index is -1.35. The molecular formula is C27H34ClN3O4. The van der Waals surface area contributed by atoms with Gasteiger partial charge in [-0.3, -0.25) is 4.90 Å². The number of ether oxygens (including phenoxy) is 2. The van der Waals surface area contributed by atoms with Crippen molar-refractivity contribution >= 4 is 11.6 Å². The maximum absolute atomic E-state index is 11.1. The second kappa shape index (κ2) is 11.9. The van der Waals surface area contributed by atoms with Crippen molar-refractivity contribution in [3.05, 3.63) is 77.3 Å². The fourth-order valence-corrected chi connectivity index (χ4v) is 4.56. The first-order valence-corrected chi connectivity index (χ1v) is 12.6. The van der Waals surface area contributed by atoms with E-state index in [4.69, 9.17) is 21.1 Å². The highest BCUT2D eigenvalue weighted by molar-refractivity contribution is 6.30. The molecule has 4 rings (SSSR count). The van der Waals surface area contributed by atoms with Gasteiger partial charge in [0.05, 0.1) is 12.7 Å². The predicted octanol–water partition coefficient (Wildman–Crippen LogP) is 3.94. The highest BCUT2D eigenvalue weighted by Gasteiger charge is 2.42. The van der Waals surface area contributed by atoms with Crippen LogP contribution in [0.1, 0.15) is 31.2 Å². The monoisotopic (exact) mass is 499 g/mol. The fraction of sp³-hybridized carbons (Fsp3) is 0.444. The summed E-state index contributed by atoms with van der Waals surface area (Å²) >= 11 is 5.92. The van der Waals surface area contributed by atoms with E-state index in [2.05, 4.69) is 27.4 Å². The van der Waals surface area contributed by atoms with Crippen LogP contribution < -0.4 is 9.47 Å². The van der Waals surface area contributed by atoms with Gasteiger partial charge in [0, 0.05) is 50.0 Å². The van der Waals surface area contributed by atoms with Crippen molar-refractivity contribution in [2.45, 2.75) is 51.0 Å². The molecule has 2 aromatic carbocycles. The van der Waals surface area contributed by atoms with Gasteiger partial charge >= 0.3 is 0 Å². The van der Waals surface area contributed by atoms with Crippen LogP contribution in [-0.4, -0.2) is 62.7 Å². The van der Waals surface area contributed by atoms with Crippen molar-refractivity contribution in [1.29, 1.82) is 0 Å². The average Bonchev–Trinajstić information content (AvgIpc) is 3.32. The molecule has 1 aliphatic heterocycles. The number of aliphatic hydroxyl groups excluding tert-OH is 1. The average molecular weight is 500 g/mol. The zero-order chi connectivity index (χ0) is 24.7. The molecule has 1 aliphatic rings. The van der Waals surface area contributed by atoms with E-state index in [-0.39, 0.29) is 6.61 Å². The Labute approximate surface area is 211 Å². The number of hydrogen-bond donors (Lipinski definition) is 2. The molecule has 1 saturated heterocycles. The molecule has 0 spiro atoms. The minimum absolute atomic E-state index is 0.00606. The van der Waals surface area contributed by atoms with Gasteiger partial charge in [-0.25, -0.2) is 4.98 Å². The largest absolute Gasteiger partial charge is 0.494 e. The van der Waals surface area contributed by atoms with E-state index in [1.54, 1.807) is 24.3 Å². The summed E-state index contributed by atoms with van der Waals surface area (Å²) in [6.07, 6.45) is 5.31. The summed E-state index contributed by atoms with van der Waals surface area (Å²) in [7, 11) is 0. The lowest BCUT2D eigenvalue weighted by Gasteiger charge is -2.42. The molecular weight excluding hydrogens is 466 g/mol. The summed E-state index contributed by atoms with van der Waals surface area (Å²) in [6, 6.07) is 15.0. The number of aromatic nitrogens is 2. The molecule has 1 fully saturated rings. The molecule has 0 aliphatic carbocycles. The number of piperidine rings is 1. The summed E-state index contributed by atoms with van der Waals surface area (Å²) in [5, 5.41) is 22.3. The first kappa shape index (κ1) is 25.5. The maximum Gasteiger partial charge on any atom is 0.137 e. The third-order valence-electron chi connectivity index (χ3n) is 6.37. The van der Waals surface area contributed by atoms with E-state index in [0.29, 0.717) is 43.4 Å². The van der Waals surface area contributed by atoms with Crippen LogP contribution in [0.5, 0.6) is 11.5 Å². The third-order valence-corrected chi connectivity index (χ3v) is 6.63. The van der Waals surface area contributed by atoms with Crippen LogP contribution in [0.4, 0.5) is 0 Å². The molecule has 2 N–H and O–H groups in total. The van der Waals surface area contributed by atoms with Crippen molar-refractivity contribution in [3.8, 4) is 11.5 Å². The van der Waals surface area contributed by atoms with Gasteiger partial charge in [0.2, 0.25) is 0 Å². The van der Waals surface area contributed by atoms with Gasteiger partial charge in [0.15, 0.2) is 0 Å². The van der Waals surface area contributed by atoms with Crippen LogP contribution in [0.3, 0.4) is 0 Å². The summed E-state index contributed by atoms with van der Waals surface area (Å²) in [6.45, 7) is 5.29. The molecule has 0 bridgehead atoms. The van der Waals surface area contributed by atoms with Crippen molar-refractivity contribution in [2.75, 3.05) is 26.3 Å². The van der Waals surface area contributed by atoms with Crippen molar-refractivity contribution in [2.24, 2.45) is 0 Å². The molecule has 0 radical (unpaired) electrons. The summed E-state index contributed by atoms with van der Waals surface area (Å²) < 4.78 is 13.9. The number of nitrogens with zero attached hydrogens (tertiary/aromatic N) is 3. The Morgan fingerprint density at radius 2 is 1.97 bits per heavy atom. The third kappa shape index (κ3) is 6.98. The topological polar surface area (TPSA) is 80.0 Å². The van der Waals surface area contributed by atoms with Gasteiger partial charge in [0.1, 0.15) is 29.5 Å². The predicted molar refractivity (Wildman–Crippen MR) is 136 cm³/mol. The zero-order valence-corrected chi connectivity index (χ0v) is 20.9. The van der Waals surface area contributed by atoms with Crippen LogP contribution in [0.15, 0.2) is 60.9 Å². The summed E-state index contributed by atoms with van der Waals surface area (Å²) in [4.78, 5) is 6.50. The molecule has 3 aromatic rings. The molecule has 0 saturated carbocycles. The summed E-state index contributed by atoms with van der Waals surface area (Å²) in [5.41, 5.74) is -0.251. The minimum Gasteiger partial charge on any atom is -0.494 e. The van der Waals surface area contributed by atoms with E-state index in [1.165, 1.54) is 0 Å². The number of halogens is 1. The van der Waals surface area contributed by atoms with E-state index in [0.717, 1.165) is 36.5 Å². The van der Waals surface area contributed by atoms with Gasteiger partial charge in [0.25, 0.3) is 0 Å². The van der Waals surface area contributed by atoms with E-state index < -0.39 is 11.7 Å². The van der Waals surface area contributed by atoms with Gasteiger partial charge in [-0.15, -0.1) is 0 Å². The van der Waals surface area contributed by atoms with Crippen LogP contribution in [-0.2, 0) is 19.5 Å². The van der Waals surface area contributed by atoms with E-state index in [1.807, 2.05) is 30.6 Å². The number of β-amino-alcohol motifs (C(OH)–C–C–N with tert-alkyl or cyclic N) is 1. The summed E-state index contributed by atoms with van der Waals surface area (Å²) in [5.74, 6) is 2.54. The van der Waals surface area contributed by atoms with Crippen LogP contribution in [0.2, 0.25) is 5.02 Å². The maximum atomic E-state index is 11.1. The number of hydrogen-bond acceptors (Lipinski definition) is 6. The lowest BCUT2D eigenvalue weighted by molar-refractivity contribution is -0.140. The molecule has 8 heteroatoms. The van der Waals surface area contributed by atoms with E-state index >= 15 is 0 Å². The lowest BCUT2D eigenvalue weighted by Crippen LogP contribution is -2.59. The molecule has 188 valence electrons. The Balaban J connectivity index is 1.28. The molecule has 0 amide bonds. The van der Waals surface area contributed by atoms with Crippen molar-refractivity contribution in [1.82, 2.24) is 14.5 Å². The Bertz CT molecular complexity index is 1070. The second-order valence-electron chi connectivity index (χ2n) is 9.10.